The van der Waals surface area contributed by atoms with E-state index in [2.05, 4.69) is 10.2 Å². The van der Waals surface area contributed by atoms with E-state index in [0.29, 0.717) is 16.7 Å². The zero-order valence-electron chi connectivity index (χ0n) is 15.7. The van der Waals surface area contributed by atoms with E-state index in [-0.39, 0.29) is 12.9 Å². The first-order valence-electron chi connectivity index (χ1n) is 9.41. The van der Waals surface area contributed by atoms with Crippen molar-refractivity contribution in [3.05, 3.63) is 52.5 Å². The summed E-state index contributed by atoms with van der Waals surface area (Å²) in [7, 11) is 0. The quantitative estimate of drug-likeness (QED) is 0.706. The molecule has 0 saturated carbocycles. The zero-order chi connectivity index (χ0) is 19.5. The maximum atomic E-state index is 6.07. The predicted octanol–water partition coefficient (Wildman–Crippen LogP) is 4.76. The van der Waals surface area contributed by atoms with Gasteiger partial charge in [0.15, 0.2) is 16.6 Å². The highest BCUT2D eigenvalue weighted by Crippen LogP contribution is 2.33. The average Bonchev–Trinajstić information content (AvgIpc) is 3.34. The highest BCUT2D eigenvalue weighted by atomic mass is 35.5. The monoisotopic (exact) mass is 418 g/mol. The van der Waals surface area contributed by atoms with Crippen LogP contribution in [-0.2, 0) is 11.3 Å². The molecule has 5 nitrogen and oxygen atoms in total. The van der Waals surface area contributed by atoms with Crippen LogP contribution in [0, 0.1) is 6.92 Å². The number of aryl methyl sites for hydroxylation is 1. The fourth-order valence-electron chi connectivity index (χ4n) is 3.47. The number of hydrogen-bond acceptors (Lipinski definition) is 4. The Bertz CT molecular complexity index is 871. The molecule has 0 spiro atoms. The molecule has 1 saturated heterocycles. The minimum atomic E-state index is 0.195. The second kappa shape index (κ2) is 8.55. The lowest BCUT2D eigenvalue weighted by Crippen LogP contribution is -2.39. The number of halogens is 1. The summed E-state index contributed by atoms with van der Waals surface area (Å²) in [6, 6.07) is 11.8. The molecule has 7 heteroatoms. The van der Waals surface area contributed by atoms with Gasteiger partial charge in [0, 0.05) is 30.4 Å². The average molecular weight is 419 g/mol. The summed E-state index contributed by atoms with van der Waals surface area (Å²) >= 11 is 11.8. The van der Waals surface area contributed by atoms with Gasteiger partial charge in [-0.05, 0) is 73.4 Å². The van der Waals surface area contributed by atoms with E-state index < -0.39 is 0 Å². The van der Waals surface area contributed by atoms with Crippen LogP contribution in [-0.4, -0.2) is 36.1 Å². The van der Waals surface area contributed by atoms with Crippen LogP contribution in [0.1, 0.15) is 24.0 Å². The lowest BCUT2D eigenvalue weighted by molar-refractivity contribution is 0.0905. The molecule has 28 heavy (non-hydrogen) atoms. The van der Waals surface area contributed by atoms with Gasteiger partial charge in [0.25, 0.3) is 0 Å². The molecule has 2 aliphatic heterocycles. The molecule has 1 atom stereocenters. The molecular weight excluding hydrogens is 396 g/mol. The van der Waals surface area contributed by atoms with Crippen molar-refractivity contribution in [1.29, 1.82) is 0 Å². The zero-order valence-corrected chi connectivity index (χ0v) is 17.3. The molecule has 0 aromatic heterocycles. The van der Waals surface area contributed by atoms with Gasteiger partial charge in [-0.15, -0.1) is 0 Å². The molecule has 2 aliphatic rings. The Labute approximate surface area is 175 Å². The molecular formula is C21H23ClN2O3S. The van der Waals surface area contributed by atoms with Crippen LogP contribution in [0.4, 0.5) is 5.69 Å². The highest BCUT2D eigenvalue weighted by Gasteiger charge is 2.22. The van der Waals surface area contributed by atoms with Crippen molar-refractivity contribution in [3.8, 4) is 11.5 Å². The Morgan fingerprint density at radius 3 is 2.86 bits per heavy atom. The molecule has 2 aromatic carbocycles. The van der Waals surface area contributed by atoms with Crippen LogP contribution in [0.25, 0.3) is 0 Å². The van der Waals surface area contributed by atoms with Crippen molar-refractivity contribution in [2.75, 3.05) is 25.3 Å². The van der Waals surface area contributed by atoms with Gasteiger partial charge >= 0.3 is 0 Å². The summed E-state index contributed by atoms with van der Waals surface area (Å²) in [6.45, 7) is 4.51. The summed E-state index contributed by atoms with van der Waals surface area (Å²) in [5, 5.41) is 4.75. The molecule has 0 amide bonds. The summed E-state index contributed by atoms with van der Waals surface area (Å²) < 4.78 is 16.8. The van der Waals surface area contributed by atoms with Gasteiger partial charge in [-0.25, -0.2) is 0 Å². The predicted molar refractivity (Wildman–Crippen MR) is 114 cm³/mol. The number of nitrogens with zero attached hydrogens (tertiary/aromatic N) is 1. The van der Waals surface area contributed by atoms with Crippen molar-refractivity contribution in [2.24, 2.45) is 0 Å². The Morgan fingerprint density at radius 1 is 1.21 bits per heavy atom. The topological polar surface area (TPSA) is 43.0 Å². The second-order valence-electron chi connectivity index (χ2n) is 7.09. The van der Waals surface area contributed by atoms with Gasteiger partial charge in [-0.3, -0.25) is 0 Å². The number of anilines is 1. The van der Waals surface area contributed by atoms with Gasteiger partial charge < -0.3 is 24.4 Å². The van der Waals surface area contributed by atoms with E-state index in [9.17, 15) is 0 Å². The summed E-state index contributed by atoms with van der Waals surface area (Å²) in [5.41, 5.74) is 3.12. The largest absolute Gasteiger partial charge is 0.454 e. The normalized spacial score (nSPS) is 17.6. The molecule has 0 radical (unpaired) electrons. The minimum Gasteiger partial charge on any atom is -0.454 e. The van der Waals surface area contributed by atoms with E-state index in [1.165, 1.54) is 0 Å². The van der Waals surface area contributed by atoms with Gasteiger partial charge in [-0.1, -0.05) is 17.7 Å². The lowest BCUT2D eigenvalue weighted by atomic mass is 10.1. The molecule has 148 valence electrons. The lowest BCUT2D eigenvalue weighted by Gasteiger charge is -2.29. The number of benzene rings is 2. The molecule has 1 fully saturated rings. The highest BCUT2D eigenvalue weighted by molar-refractivity contribution is 7.80. The van der Waals surface area contributed by atoms with Crippen LogP contribution in [0.3, 0.4) is 0 Å². The maximum Gasteiger partial charge on any atom is 0.231 e. The van der Waals surface area contributed by atoms with Crippen molar-refractivity contribution >= 4 is 34.6 Å². The summed E-state index contributed by atoms with van der Waals surface area (Å²) in [5.74, 6) is 1.56. The fourth-order valence-corrected chi connectivity index (χ4v) is 3.95. The van der Waals surface area contributed by atoms with E-state index >= 15 is 0 Å². The van der Waals surface area contributed by atoms with E-state index in [0.717, 1.165) is 54.3 Å². The Balaban J connectivity index is 1.51. The maximum absolute atomic E-state index is 6.07. The molecule has 0 aliphatic carbocycles. The molecule has 2 aromatic rings. The van der Waals surface area contributed by atoms with Crippen molar-refractivity contribution < 1.29 is 14.2 Å². The van der Waals surface area contributed by atoms with Gasteiger partial charge in [0.05, 0.1) is 6.10 Å². The number of hydrogen-bond donors (Lipinski definition) is 1. The Hall–Kier alpha value is -2.02. The third-order valence-corrected chi connectivity index (χ3v) is 5.57. The Morgan fingerprint density at radius 2 is 2.07 bits per heavy atom. The summed E-state index contributed by atoms with van der Waals surface area (Å²) in [4.78, 5) is 2.15. The number of thiocarbonyl (C=S) groups is 1. The molecule has 2 heterocycles. The fraction of sp³-hybridized carbons (Fsp3) is 0.381. The van der Waals surface area contributed by atoms with Crippen LogP contribution >= 0.6 is 23.8 Å². The first kappa shape index (κ1) is 19.3. The second-order valence-corrected chi connectivity index (χ2v) is 7.92. The smallest absolute Gasteiger partial charge is 0.231 e. The molecule has 1 N–H and O–H groups in total. The van der Waals surface area contributed by atoms with Crippen LogP contribution in [0.2, 0.25) is 5.02 Å². The number of ether oxygens (including phenoxy) is 3. The van der Waals surface area contributed by atoms with Gasteiger partial charge in [0.1, 0.15) is 0 Å². The SMILES string of the molecule is Cc1cc(Cl)ccc1NC(=S)N(Cc1ccc2c(c1)OCO2)C[C@@H]1CCCO1. The van der Waals surface area contributed by atoms with E-state index in [4.69, 9.17) is 38.0 Å². The number of nitrogens with one attached hydrogen (secondary N) is 1. The van der Waals surface area contributed by atoms with E-state index in [1.54, 1.807) is 0 Å². The van der Waals surface area contributed by atoms with Crippen molar-refractivity contribution in [1.82, 2.24) is 4.90 Å². The van der Waals surface area contributed by atoms with Gasteiger partial charge in [0.2, 0.25) is 6.79 Å². The minimum absolute atomic E-state index is 0.195. The third-order valence-electron chi connectivity index (χ3n) is 4.98. The molecule has 0 unspecified atom stereocenters. The van der Waals surface area contributed by atoms with Crippen molar-refractivity contribution in [2.45, 2.75) is 32.4 Å². The number of rotatable bonds is 5. The molecule has 0 bridgehead atoms. The first-order chi connectivity index (χ1) is 13.6. The third kappa shape index (κ3) is 4.51. The Kier molecular flexibility index (Phi) is 5.90. The van der Waals surface area contributed by atoms with Gasteiger partial charge in [-0.2, -0.15) is 0 Å². The van der Waals surface area contributed by atoms with Crippen LogP contribution < -0.4 is 14.8 Å². The standard InChI is InChI=1S/C21H23ClN2O3S/c1-14-9-16(22)5-6-18(14)23-21(28)24(12-17-3-2-8-25-17)11-15-4-7-19-20(10-15)27-13-26-19/h4-7,9-10,17H,2-3,8,11-13H2,1H3,(H,23,28)/t17-/m0/s1. The van der Waals surface area contributed by atoms with Crippen molar-refractivity contribution in [3.63, 3.8) is 0 Å². The van der Waals surface area contributed by atoms with Crippen LogP contribution in [0.15, 0.2) is 36.4 Å². The van der Waals surface area contributed by atoms with E-state index in [1.807, 2.05) is 43.3 Å². The summed E-state index contributed by atoms with van der Waals surface area (Å²) in [6.07, 6.45) is 2.35. The number of fused-ring (bicyclic) bond motifs is 1. The van der Waals surface area contributed by atoms with Crippen LogP contribution in [0.5, 0.6) is 11.5 Å². The first-order valence-corrected chi connectivity index (χ1v) is 10.2. The molecule has 4 rings (SSSR count).